The molecule has 0 fully saturated rings. The molecule has 1 amide bonds. The summed E-state index contributed by atoms with van der Waals surface area (Å²) in [6.45, 7) is 0. The number of benzene rings is 2. The largest absolute Gasteiger partial charge is 0.321 e. The maximum Gasteiger partial charge on any atom is 0.256 e. The fourth-order valence-corrected chi connectivity index (χ4v) is 2.58. The molecule has 1 aliphatic rings. The van der Waals surface area contributed by atoms with Gasteiger partial charge >= 0.3 is 0 Å². The summed E-state index contributed by atoms with van der Waals surface area (Å²) in [5, 5.41) is 3.86. The molecule has 0 radical (unpaired) electrons. The van der Waals surface area contributed by atoms with Gasteiger partial charge in [0.2, 0.25) is 0 Å². The van der Waals surface area contributed by atoms with Gasteiger partial charge in [-0.2, -0.15) is 0 Å². The van der Waals surface area contributed by atoms with Crippen LogP contribution in [0.25, 0.3) is 11.6 Å². The number of carbonyl (C=O) groups excluding carboxylic acids is 1. The van der Waals surface area contributed by atoms with Gasteiger partial charge in [-0.1, -0.05) is 47.5 Å². The monoisotopic (exact) mass is 289 g/mol. The van der Waals surface area contributed by atoms with Crippen LogP contribution in [0.2, 0.25) is 10.0 Å². The molecule has 1 N–H and O–H groups in total. The van der Waals surface area contributed by atoms with Crippen LogP contribution in [0.3, 0.4) is 0 Å². The van der Waals surface area contributed by atoms with Crippen molar-refractivity contribution >= 4 is 46.4 Å². The lowest BCUT2D eigenvalue weighted by Gasteiger charge is -2.03. The molecule has 2 nitrogen and oxygen atoms in total. The molecular weight excluding hydrogens is 281 g/mol. The number of amides is 1. The van der Waals surface area contributed by atoms with E-state index in [9.17, 15) is 4.79 Å². The van der Waals surface area contributed by atoms with Crippen LogP contribution in [0.1, 0.15) is 11.1 Å². The zero-order chi connectivity index (χ0) is 13.4. The quantitative estimate of drug-likeness (QED) is 0.770. The molecule has 19 heavy (non-hydrogen) atoms. The van der Waals surface area contributed by atoms with Crippen molar-refractivity contribution in [3.8, 4) is 0 Å². The highest BCUT2D eigenvalue weighted by Gasteiger charge is 2.23. The molecule has 4 heteroatoms. The molecule has 1 aliphatic heterocycles. The maximum atomic E-state index is 12.0. The van der Waals surface area contributed by atoms with Crippen LogP contribution in [0.15, 0.2) is 42.5 Å². The normalized spacial score (nSPS) is 15.5. The Bertz CT molecular complexity index is 687. The topological polar surface area (TPSA) is 29.1 Å². The first-order valence-corrected chi connectivity index (χ1v) is 6.49. The van der Waals surface area contributed by atoms with Gasteiger partial charge in [-0.05, 0) is 24.3 Å². The molecule has 0 saturated heterocycles. The number of halogens is 2. The molecule has 3 rings (SSSR count). The standard InChI is InChI=1S/C15H9Cl2NO/c16-12-5-3-6-13(17)11(12)8-10-9-4-1-2-7-14(9)18-15(10)19/h1-8H,(H,18,19). The molecular formula is C15H9Cl2NO. The summed E-state index contributed by atoms with van der Waals surface area (Å²) in [4.78, 5) is 12.0. The first-order chi connectivity index (χ1) is 9.16. The smallest absolute Gasteiger partial charge is 0.256 e. The van der Waals surface area contributed by atoms with Gasteiger partial charge in [-0.3, -0.25) is 4.79 Å². The first-order valence-electron chi connectivity index (χ1n) is 5.73. The number of nitrogens with one attached hydrogen (secondary N) is 1. The van der Waals surface area contributed by atoms with Crippen molar-refractivity contribution in [1.29, 1.82) is 0 Å². The summed E-state index contributed by atoms with van der Waals surface area (Å²) in [6.07, 6.45) is 1.73. The molecule has 0 unspecified atom stereocenters. The highest BCUT2D eigenvalue weighted by Crippen LogP contribution is 2.35. The second-order valence-corrected chi connectivity index (χ2v) is 5.01. The molecule has 0 aromatic heterocycles. The van der Waals surface area contributed by atoms with E-state index in [-0.39, 0.29) is 5.91 Å². The fourth-order valence-electron chi connectivity index (χ4n) is 2.08. The fraction of sp³-hybridized carbons (Fsp3) is 0. The lowest BCUT2D eigenvalue weighted by molar-refractivity contribution is -0.110. The van der Waals surface area contributed by atoms with Crippen LogP contribution >= 0.6 is 23.2 Å². The average Bonchev–Trinajstić information content (AvgIpc) is 2.70. The number of carbonyl (C=O) groups is 1. The third-order valence-corrected chi connectivity index (χ3v) is 3.66. The molecule has 0 atom stereocenters. The summed E-state index contributed by atoms with van der Waals surface area (Å²) in [7, 11) is 0. The van der Waals surface area contributed by atoms with E-state index in [1.54, 1.807) is 24.3 Å². The van der Waals surface area contributed by atoms with Gasteiger partial charge in [0.15, 0.2) is 0 Å². The molecule has 2 aromatic carbocycles. The number of hydrogen-bond acceptors (Lipinski definition) is 1. The van der Waals surface area contributed by atoms with Crippen molar-refractivity contribution in [2.75, 3.05) is 5.32 Å². The molecule has 0 spiro atoms. The molecule has 1 heterocycles. The van der Waals surface area contributed by atoms with Crippen molar-refractivity contribution in [2.45, 2.75) is 0 Å². The van der Waals surface area contributed by atoms with E-state index in [2.05, 4.69) is 5.32 Å². The number of anilines is 1. The van der Waals surface area contributed by atoms with E-state index < -0.39 is 0 Å². The summed E-state index contributed by atoms with van der Waals surface area (Å²) in [5.74, 6) is -0.141. The zero-order valence-electron chi connectivity index (χ0n) is 9.78. The van der Waals surface area contributed by atoms with Gasteiger partial charge in [-0.15, -0.1) is 0 Å². The van der Waals surface area contributed by atoms with Crippen LogP contribution in [-0.2, 0) is 4.79 Å². The molecule has 0 bridgehead atoms. The second-order valence-electron chi connectivity index (χ2n) is 4.19. The number of fused-ring (bicyclic) bond motifs is 1. The Balaban J connectivity index is 2.17. The lowest BCUT2D eigenvalue weighted by atomic mass is 10.0. The van der Waals surface area contributed by atoms with Gasteiger partial charge in [0.1, 0.15) is 0 Å². The SMILES string of the molecule is O=C1Nc2ccccc2C1=Cc1c(Cl)cccc1Cl. The molecule has 0 aliphatic carbocycles. The Morgan fingerprint density at radius 2 is 1.63 bits per heavy atom. The van der Waals surface area contributed by atoms with Gasteiger partial charge in [0.25, 0.3) is 5.91 Å². The lowest BCUT2D eigenvalue weighted by Crippen LogP contribution is -2.03. The van der Waals surface area contributed by atoms with Crippen molar-refractivity contribution in [3.63, 3.8) is 0 Å². The van der Waals surface area contributed by atoms with Gasteiger partial charge in [0, 0.05) is 32.4 Å². The summed E-state index contributed by atoms with van der Waals surface area (Å²) >= 11 is 12.2. The third-order valence-electron chi connectivity index (χ3n) is 3.00. The number of hydrogen-bond donors (Lipinski definition) is 1. The average molecular weight is 290 g/mol. The van der Waals surface area contributed by atoms with E-state index >= 15 is 0 Å². The van der Waals surface area contributed by atoms with Gasteiger partial charge in [0.05, 0.1) is 0 Å². The van der Waals surface area contributed by atoms with Gasteiger partial charge < -0.3 is 5.32 Å². The Morgan fingerprint density at radius 3 is 2.37 bits per heavy atom. The highest BCUT2D eigenvalue weighted by molar-refractivity contribution is 6.40. The van der Waals surface area contributed by atoms with Crippen LogP contribution in [0.4, 0.5) is 5.69 Å². The summed E-state index contributed by atoms with van der Waals surface area (Å²) in [5.41, 5.74) is 2.91. The third kappa shape index (κ3) is 2.14. The van der Waals surface area contributed by atoms with Crippen molar-refractivity contribution in [1.82, 2.24) is 0 Å². The first kappa shape index (κ1) is 12.3. The van der Waals surface area contributed by atoms with Crippen LogP contribution in [0, 0.1) is 0 Å². The van der Waals surface area contributed by atoms with Crippen LogP contribution in [-0.4, -0.2) is 5.91 Å². The number of rotatable bonds is 1. The van der Waals surface area contributed by atoms with E-state index in [4.69, 9.17) is 23.2 Å². The predicted octanol–water partition coefficient (Wildman–Crippen LogP) is 4.49. The minimum atomic E-state index is -0.141. The Labute approximate surface area is 120 Å². The van der Waals surface area contributed by atoms with Crippen LogP contribution < -0.4 is 5.32 Å². The Hall–Kier alpha value is -1.77. The zero-order valence-corrected chi connectivity index (χ0v) is 11.3. The summed E-state index contributed by atoms with van der Waals surface area (Å²) < 4.78 is 0. The van der Waals surface area contributed by atoms with Crippen molar-refractivity contribution in [2.24, 2.45) is 0 Å². The van der Waals surface area contributed by atoms with Crippen LogP contribution in [0.5, 0.6) is 0 Å². The van der Waals surface area contributed by atoms with E-state index in [1.165, 1.54) is 0 Å². The summed E-state index contributed by atoms with van der Waals surface area (Å²) in [6, 6.07) is 12.8. The maximum absolute atomic E-state index is 12.0. The minimum absolute atomic E-state index is 0.141. The van der Waals surface area contributed by atoms with E-state index in [1.807, 2.05) is 24.3 Å². The molecule has 2 aromatic rings. The van der Waals surface area contributed by atoms with Gasteiger partial charge in [-0.25, -0.2) is 0 Å². The minimum Gasteiger partial charge on any atom is -0.321 e. The Morgan fingerprint density at radius 1 is 0.947 bits per heavy atom. The Kier molecular flexibility index (Phi) is 3.05. The van der Waals surface area contributed by atoms with Crippen molar-refractivity contribution < 1.29 is 4.79 Å². The van der Waals surface area contributed by atoms with Crippen molar-refractivity contribution in [3.05, 3.63) is 63.6 Å². The highest BCUT2D eigenvalue weighted by atomic mass is 35.5. The molecule has 94 valence electrons. The second kappa shape index (κ2) is 4.72. The van der Waals surface area contributed by atoms with E-state index in [0.29, 0.717) is 21.2 Å². The van der Waals surface area contributed by atoms with E-state index in [0.717, 1.165) is 11.3 Å². The number of para-hydroxylation sites is 1. The molecule has 0 saturated carbocycles. The predicted molar refractivity (Wildman–Crippen MR) is 79.4 cm³/mol.